The van der Waals surface area contributed by atoms with E-state index in [0.29, 0.717) is 12.2 Å². The van der Waals surface area contributed by atoms with Gasteiger partial charge in [0, 0.05) is 21.5 Å². The van der Waals surface area contributed by atoms with Crippen molar-refractivity contribution < 1.29 is 5.11 Å². The molecule has 2 rings (SSSR count). The van der Waals surface area contributed by atoms with Crippen LogP contribution in [-0.4, -0.2) is 17.0 Å². The average molecular weight is 337 g/mol. The van der Waals surface area contributed by atoms with Crippen LogP contribution in [0.1, 0.15) is 11.1 Å². The number of rotatable bonds is 5. The van der Waals surface area contributed by atoms with Gasteiger partial charge in [0.25, 0.3) is 0 Å². The highest BCUT2D eigenvalue weighted by molar-refractivity contribution is 9.10. The van der Waals surface area contributed by atoms with Gasteiger partial charge in [-0.05, 0) is 30.7 Å². The molecule has 19 heavy (non-hydrogen) atoms. The van der Waals surface area contributed by atoms with Gasteiger partial charge in [-0.15, -0.1) is 11.8 Å². The molecule has 2 aromatic rings. The summed E-state index contributed by atoms with van der Waals surface area (Å²) in [5, 5.41) is 10.1. The van der Waals surface area contributed by atoms with Crippen LogP contribution in [0.15, 0.2) is 57.9 Å². The molecule has 0 saturated carbocycles. The molecule has 100 valence electrons. The molecule has 0 aromatic heterocycles. The van der Waals surface area contributed by atoms with E-state index in [-0.39, 0.29) is 6.10 Å². The molecule has 1 atom stereocenters. The van der Waals surface area contributed by atoms with Crippen molar-refractivity contribution in [1.82, 2.24) is 0 Å². The minimum Gasteiger partial charge on any atom is -0.392 e. The van der Waals surface area contributed by atoms with Crippen LogP contribution in [0.3, 0.4) is 0 Å². The lowest BCUT2D eigenvalue weighted by Gasteiger charge is -2.11. The molecular weight excluding hydrogens is 320 g/mol. The van der Waals surface area contributed by atoms with Crippen molar-refractivity contribution >= 4 is 27.7 Å². The number of benzene rings is 2. The second-order valence-electron chi connectivity index (χ2n) is 4.57. The van der Waals surface area contributed by atoms with E-state index in [1.807, 2.05) is 24.3 Å². The van der Waals surface area contributed by atoms with E-state index >= 15 is 0 Å². The molecule has 0 bridgehead atoms. The molecule has 0 amide bonds. The third kappa shape index (κ3) is 4.68. The van der Waals surface area contributed by atoms with Gasteiger partial charge in [-0.2, -0.15) is 0 Å². The normalized spacial score (nSPS) is 12.4. The number of halogens is 1. The minimum atomic E-state index is -0.329. The van der Waals surface area contributed by atoms with Gasteiger partial charge in [0.1, 0.15) is 0 Å². The molecule has 3 heteroatoms. The summed E-state index contributed by atoms with van der Waals surface area (Å²) in [6.45, 7) is 2.08. The van der Waals surface area contributed by atoms with Gasteiger partial charge in [0.15, 0.2) is 0 Å². The van der Waals surface area contributed by atoms with Gasteiger partial charge >= 0.3 is 0 Å². The first-order chi connectivity index (χ1) is 9.15. The fourth-order valence-corrected chi connectivity index (χ4v) is 3.08. The number of aliphatic hydroxyl groups excluding tert-OH is 1. The van der Waals surface area contributed by atoms with E-state index in [0.717, 1.165) is 10.0 Å². The van der Waals surface area contributed by atoms with E-state index in [9.17, 15) is 5.11 Å². The van der Waals surface area contributed by atoms with E-state index in [1.165, 1.54) is 10.5 Å². The molecule has 1 nitrogen and oxygen atoms in total. The minimum absolute atomic E-state index is 0.329. The quantitative estimate of drug-likeness (QED) is 0.814. The standard InChI is InChI=1S/C16H17BrOS/c1-12-6-8-15(9-7-12)19-11-14(18)10-13-4-2-3-5-16(13)17/h2-9,14,18H,10-11H2,1H3. The fourth-order valence-electron chi connectivity index (χ4n) is 1.80. The molecule has 0 aliphatic heterocycles. The van der Waals surface area contributed by atoms with Crippen molar-refractivity contribution in [2.24, 2.45) is 0 Å². The lowest BCUT2D eigenvalue weighted by molar-refractivity contribution is 0.200. The molecule has 0 spiro atoms. The zero-order valence-corrected chi connectivity index (χ0v) is 13.2. The van der Waals surface area contributed by atoms with Crippen LogP contribution < -0.4 is 0 Å². The maximum Gasteiger partial charge on any atom is 0.0674 e. The molecule has 0 heterocycles. The van der Waals surface area contributed by atoms with Crippen molar-refractivity contribution in [1.29, 1.82) is 0 Å². The largest absolute Gasteiger partial charge is 0.392 e. The second-order valence-corrected chi connectivity index (χ2v) is 6.52. The molecular formula is C16H17BrOS. The van der Waals surface area contributed by atoms with Crippen molar-refractivity contribution in [2.45, 2.75) is 24.3 Å². The summed E-state index contributed by atoms with van der Waals surface area (Å²) in [4.78, 5) is 1.21. The van der Waals surface area contributed by atoms with Crippen molar-refractivity contribution in [2.75, 3.05) is 5.75 Å². The zero-order chi connectivity index (χ0) is 13.7. The summed E-state index contributed by atoms with van der Waals surface area (Å²) >= 11 is 5.21. The Morgan fingerprint density at radius 1 is 1.11 bits per heavy atom. The van der Waals surface area contributed by atoms with E-state index < -0.39 is 0 Å². The highest BCUT2D eigenvalue weighted by Gasteiger charge is 2.08. The van der Waals surface area contributed by atoms with Crippen LogP contribution in [0.5, 0.6) is 0 Å². The third-order valence-corrected chi connectivity index (χ3v) is 4.81. The highest BCUT2D eigenvalue weighted by atomic mass is 79.9. The van der Waals surface area contributed by atoms with Gasteiger partial charge in [-0.1, -0.05) is 51.8 Å². The first-order valence-electron chi connectivity index (χ1n) is 6.26. The molecule has 2 aromatic carbocycles. The van der Waals surface area contributed by atoms with E-state index in [4.69, 9.17) is 0 Å². The van der Waals surface area contributed by atoms with Crippen LogP contribution in [0.2, 0.25) is 0 Å². The van der Waals surface area contributed by atoms with Crippen molar-refractivity contribution in [3.63, 3.8) is 0 Å². The van der Waals surface area contributed by atoms with Crippen LogP contribution in [-0.2, 0) is 6.42 Å². The van der Waals surface area contributed by atoms with Crippen LogP contribution in [0, 0.1) is 6.92 Å². The van der Waals surface area contributed by atoms with Gasteiger partial charge in [-0.3, -0.25) is 0 Å². The lowest BCUT2D eigenvalue weighted by Crippen LogP contribution is -2.13. The smallest absolute Gasteiger partial charge is 0.0674 e. The van der Waals surface area contributed by atoms with Crippen molar-refractivity contribution in [3.8, 4) is 0 Å². The monoisotopic (exact) mass is 336 g/mol. The topological polar surface area (TPSA) is 20.2 Å². The summed E-state index contributed by atoms with van der Waals surface area (Å²) in [6, 6.07) is 16.4. The van der Waals surface area contributed by atoms with Gasteiger partial charge in [0.2, 0.25) is 0 Å². The first-order valence-corrected chi connectivity index (χ1v) is 8.04. The second kappa shape index (κ2) is 7.13. The zero-order valence-electron chi connectivity index (χ0n) is 10.8. The molecule has 0 radical (unpaired) electrons. The predicted octanol–water partition coefficient (Wildman–Crippen LogP) is 4.45. The SMILES string of the molecule is Cc1ccc(SCC(O)Cc2ccccc2Br)cc1. The van der Waals surface area contributed by atoms with Crippen LogP contribution in [0.4, 0.5) is 0 Å². The Bertz CT molecular complexity index is 525. The number of thioether (sulfide) groups is 1. The molecule has 1 N–H and O–H groups in total. The van der Waals surface area contributed by atoms with E-state index in [1.54, 1.807) is 11.8 Å². The Morgan fingerprint density at radius 2 is 1.79 bits per heavy atom. The Balaban J connectivity index is 1.86. The fraction of sp³-hybridized carbons (Fsp3) is 0.250. The Labute approximate surface area is 127 Å². The number of aryl methyl sites for hydroxylation is 1. The van der Waals surface area contributed by atoms with Gasteiger partial charge in [-0.25, -0.2) is 0 Å². The molecule has 0 saturated heterocycles. The van der Waals surface area contributed by atoms with Crippen molar-refractivity contribution in [3.05, 3.63) is 64.1 Å². The highest BCUT2D eigenvalue weighted by Crippen LogP contribution is 2.22. The molecule has 0 aliphatic carbocycles. The summed E-state index contributed by atoms with van der Waals surface area (Å²) in [6.07, 6.45) is 0.352. The third-order valence-electron chi connectivity index (χ3n) is 2.88. The predicted molar refractivity (Wildman–Crippen MR) is 85.8 cm³/mol. The first kappa shape index (κ1) is 14.6. The summed E-state index contributed by atoms with van der Waals surface area (Å²) in [5.74, 6) is 0.713. The molecule has 0 fully saturated rings. The lowest BCUT2D eigenvalue weighted by atomic mass is 10.1. The summed E-state index contributed by atoms with van der Waals surface area (Å²) in [7, 11) is 0. The van der Waals surface area contributed by atoms with E-state index in [2.05, 4.69) is 47.1 Å². The Kier molecular flexibility index (Phi) is 5.49. The Morgan fingerprint density at radius 3 is 2.47 bits per heavy atom. The summed E-state index contributed by atoms with van der Waals surface area (Å²) in [5.41, 5.74) is 2.41. The number of hydrogen-bond donors (Lipinski definition) is 1. The average Bonchev–Trinajstić information content (AvgIpc) is 2.41. The number of hydrogen-bond acceptors (Lipinski definition) is 2. The summed E-state index contributed by atoms with van der Waals surface area (Å²) < 4.78 is 1.06. The Hall–Kier alpha value is -0.770. The maximum absolute atomic E-state index is 10.1. The van der Waals surface area contributed by atoms with Gasteiger partial charge in [0.05, 0.1) is 6.10 Å². The van der Waals surface area contributed by atoms with Crippen LogP contribution >= 0.6 is 27.7 Å². The van der Waals surface area contributed by atoms with Gasteiger partial charge < -0.3 is 5.11 Å². The molecule has 1 unspecified atom stereocenters. The molecule has 0 aliphatic rings. The maximum atomic E-state index is 10.1. The van der Waals surface area contributed by atoms with Crippen LogP contribution in [0.25, 0.3) is 0 Å². The number of aliphatic hydroxyl groups is 1.